The van der Waals surface area contributed by atoms with Crippen LogP contribution in [0.1, 0.15) is 386 Å². The van der Waals surface area contributed by atoms with Crippen LogP contribution in [-0.4, -0.2) is 47.4 Å². The molecule has 0 saturated heterocycles. The van der Waals surface area contributed by atoms with Gasteiger partial charge in [0.1, 0.15) is 0 Å². The van der Waals surface area contributed by atoms with Gasteiger partial charge in [-0.3, -0.25) is 9.59 Å². The molecule has 0 aromatic heterocycles. The van der Waals surface area contributed by atoms with Gasteiger partial charge >= 0.3 is 5.97 Å². The molecule has 3 N–H and O–H groups in total. The number of hydrogen-bond acceptors (Lipinski definition) is 5. The normalized spacial score (nSPS) is 12.6. The van der Waals surface area contributed by atoms with Crippen molar-refractivity contribution in [3.05, 3.63) is 24.3 Å². The summed E-state index contributed by atoms with van der Waals surface area (Å²) in [7, 11) is 0. The van der Waals surface area contributed by atoms with E-state index in [9.17, 15) is 19.8 Å². The topological polar surface area (TPSA) is 95.9 Å². The van der Waals surface area contributed by atoms with Crippen LogP contribution in [0.25, 0.3) is 0 Å². The van der Waals surface area contributed by atoms with Crippen molar-refractivity contribution in [3.63, 3.8) is 0 Å². The Bertz CT molecular complexity index is 1190. The van der Waals surface area contributed by atoms with Crippen LogP contribution in [0.5, 0.6) is 0 Å². The quantitative estimate of drug-likeness (QED) is 0.0320. The third-order valence-corrected chi connectivity index (χ3v) is 16.3. The molecule has 0 radical (unpaired) electrons. The average Bonchev–Trinajstić information content (AvgIpc) is 3.42. The molecule has 450 valence electrons. The summed E-state index contributed by atoms with van der Waals surface area (Å²) in [6.07, 6.45) is 82.1. The summed E-state index contributed by atoms with van der Waals surface area (Å²) in [4.78, 5) is 24.6. The Labute approximate surface area is 475 Å². The standard InChI is InChI=1S/C70H135NO5/c1-3-5-7-9-11-13-15-17-19-21-22-23-24-25-26-28-31-34-38-42-46-50-54-58-62-68(73)67(66-72)71-69(74)63-59-55-51-47-43-39-35-32-29-27-30-33-37-41-45-49-53-57-61-65-76-70(75)64-60-56-52-48-44-40-36-20-18-16-14-12-10-8-6-4-2/h33,37,41,45,67-68,72-73H,3-32,34-36,38-40,42-44,46-66H2,1-2H3,(H,71,74)/b37-33-,45-41-. The van der Waals surface area contributed by atoms with Crippen LogP contribution in [-0.2, 0) is 14.3 Å². The first-order chi connectivity index (χ1) is 37.5. The van der Waals surface area contributed by atoms with Crippen molar-refractivity contribution < 1.29 is 24.5 Å². The van der Waals surface area contributed by atoms with Crippen LogP contribution in [0, 0.1) is 0 Å². The highest BCUT2D eigenvalue weighted by Crippen LogP contribution is 2.19. The summed E-state index contributed by atoms with van der Waals surface area (Å²) in [6.45, 7) is 4.95. The molecule has 0 rings (SSSR count). The molecule has 0 saturated carbocycles. The molecule has 76 heavy (non-hydrogen) atoms. The number of unbranched alkanes of at least 4 members (excludes halogenated alkanes) is 51. The molecule has 0 bridgehead atoms. The number of hydrogen-bond donors (Lipinski definition) is 3. The number of ether oxygens (including phenoxy) is 1. The van der Waals surface area contributed by atoms with Gasteiger partial charge in [-0.25, -0.2) is 0 Å². The number of esters is 1. The van der Waals surface area contributed by atoms with Gasteiger partial charge in [0, 0.05) is 12.8 Å². The van der Waals surface area contributed by atoms with E-state index in [4.69, 9.17) is 4.74 Å². The maximum atomic E-state index is 12.5. The number of carbonyl (C=O) groups excluding carboxylic acids is 2. The molecule has 6 nitrogen and oxygen atoms in total. The maximum Gasteiger partial charge on any atom is 0.305 e. The molecule has 0 spiro atoms. The van der Waals surface area contributed by atoms with Crippen molar-refractivity contribution in [2.75, 3.05) is 13.2 Å². The number of rotatable bonds is 65. The summed E-state index contributed by atoms with van der Waals surface area (Å²) in [5.74, 6) is -0.0491. The van der Waals surface area contributed by atoms with E-state index < -0.39 is 12.1 Å². The summed E-state index contributed by atoms with van der Waals surface area (Å²) in [5.41, 5.74) is 0. The van der Waals surface area contributed by atoms with Gasteiger partial charge in [0.15, 0.2) is 0 Å². The Morgan fingerprint density at radius 1 is 0.368 bits per heavy atom. The van der Waals surface area contributed by atoms with Gasteiger partial charge < -0.3 is 20.3 Å². The Morgan fingerprint density at radius 3 is 0.974 bits per heavy atom. The Morgan fingerprint density at radius 2 is 0.645 bits per heavy atom. The van der Waals surface area contributed by atoms with Crippen molar-refractivity contribution >= 4 is 11.9 Å². The highest BCUT2D eigenvalue weighted by Gasteiger charge is 2.20. The molecule has 0 aromatic rings. The number of aliphatic hydroxyl groups is 2. The number of amides is 1. The predicted molar refractivity (Wildman–Crippen MR) is 333 cm³/mol. The zero-order valence-electron chi connectivity index (χ0n) is 51.5. The fourth-order valence-electron chi connectivity index (χ4n) is 11.0. The highest BCUT2D eigenvalue weighted by atomic mass is 16.5. The van der Waals surface area contributed by atoms with E-state index in [0.29, 0.717) is 25.9 Å². The average molecular weight is 1070 g/mol. The van der Waals surface area contributed by atoms with Crippen molar-refractivity contribution in [3.8, 4) is 0 Å². The van der Waals surface area contributed by atoms with Crippen LogP contribution in [0.3, 0.4) is 0 Å². The lowest BCUT2D eigenvalue weighted by Crippen LogP contribution is -2.45. The third-order valence-electron chi connectivity index (χ3n) is 16.3. The SMILES string of the molecule is CCCCCCCCCCCCCCCCCCCCCCCCCCC(O)C(CO)NC(=O)CCCCCCCCCCCC/C=C\C=C/CCCCCOC(=O)CCCCCCCCCCCCCCCCCC. The molecule has 1 amide bonds. The van der Waals surface area contributed by atoms with Crippen molar-refractivity contribution in [2.24, 2.45) is 0 Å². The van der Waals surface area contributed by atoms with Crippen molar-refractivity contribution in [1.82, 2.24) is 5.32 Å². The van der Waals surface area contributed by atoms with E-state index in [1.165, 1.54) is 283 Å². The molecular weight excluding hydrogens is 935 g/mol. The molecule has 0 fully saturated rings. The van der Waals surface area contributed by atoms with Crippen LogP contribution in [0.2, 0.25) is 0 Å². The van der Waals surface area contributed by atoms with Crippen LogP contribution >= 0.6 is 0 Å². The van der Waals surface area contributed by atoms with Crippen LogP contribution in [0.4, 0.5) is 0 Å². The Balaban J connectivity index is 3.45. The van der Waals surface area contributed by atoms with Crippen LogP contribution in [0.15, 0.2) is 24.3 Å². The fraction of sp³-hybridized carbons (Fsp3) is 0.914. The molecule has 0 aromatic carbocycles. The van der Waals surface area contributed by atoms with Gasteiger partial charge in [-0.05, 0) is 57.8 Å². The van der Waals surface area contributed by atoms with Crippen molar-refractivity contribution in [2.45, 2.75) is 398 Å². The van der Waals surface area contributed by atoms with E-state index in [1.807, 2.05) is 0 Å². The van der Waals surface area contributed by atoms with E-state index >= 15 is 0 Å². The lowest BCUT2D eigenvalue weighted by atomic mass is 10.0. The second-order valence-corrected chi connectivity index (χ2v) is 23.9. The first-order valence-corrected chi connectivity index (χ1v) is 34.6. The van der Waals surface area contributed by atoms with Gasteiger partial charge in [0.25, 0.3) is 0 Å². The molecule has 0 heterocycles. The lowest BCUT2D eigenvalue weighted by Gasteiger charge is -2.22. The second kappa shape index (κ2) is 65.9. The van der Waals surface area contributed by atoms with E-state index in [0.717, 1.165) is 70.6 Å². The van der Waals surface area contributed by atoms with Gasteiger partial charge in [0.2, 0.25) is 5.91 Å². The highest BCUT2D eigenvalue weighted by molar-refractivity contribution is 5.76. The fourth-order valence-corrected chi connectivity index (χ4v) is 11.0. The number of aliphatic hydroxyl groups excluding tert-OH is 2. The zero-order chi connectivity index (χ0) is 55.0. The molecule has 0 aliphatic rings. The molecular formula is C70H135NO5. The van der Waals surface area contributed by atoms with Gasteiger partial charge in [-0.1, -0.05) is 340 Å². The van der Waals surface area contributed by atoms with E-state index in [1.54, 1.807) is 0 Å². The van der Waals surface area contributed by atoms with Crippen LogP contribution < -0.4 is 5.32 Å². The van der Waals surface area contributed by atoms with E-state index in [-0.39, 0.29) is 18.5 Å². The maximum absolute atomic E-state index is 12.5. The second-order valence-electron chi connectivity index (χ2n) is 23.9. The number of allylic oxidation sites excluding steroid dienone is 4. The minimum Gasteiger partial charge on any atom is -0.466 e. The molecule has 6 heteroatoms. The monoisotopic (exact) mass is 1070 g/mol. The molecule has 2 atom stereocenters. The minimum atomic E-state index is -0.673. The summed E-state index contributed by atoms with van der Waals surface area (Å²) in [5, 5.41) is 23.4. The van der Waals surface area contributed by atoms with Gasteiger partial charge in [-0.15, -0.1) is 0 Å². The minimum absolute atomic E-state index is 0.00880. The van der Waals surface area contributed by atoms with Gasteiger partial charge in [0.05, 0.1) is 25.4 Å². The molecule has 0 aliphatic heterocycles. The first-order valence-electron chi connectivity index (χ1n) is 34.6. The number of nitrogens with one attached hydrogen (secondary N) is 1. The summed E-state index contributed by atoms with van der Waals surface area (Å²) in [6, 6.07) is -0.551. The number of carbonyl (C=O) groups is 2. The third kappa shape index (κ3) is 61.6. The molecule has 2 unspecified atom stereocenters. The smallest absolute Gasteiger partial charge is 0.305 e. The largest absolute Gasteiger partial charge is 0.466 e. The summed E-state index contributed by atoms with van der Waals surface area (Å²) >= 11 is 0. The van der Waals surface area contributed by atoms with Crippen molar-refractivity contribution in [1.29, 1.82) is 0 Å². The lowest BCUT2D eigenvalue weighted by molar-refractivity contribution is -0.143. The molecule has 0 aliphatic carbocycles. The Kier molecular flexibility index (Phi) is 64.4. The first kappa shape index (κ1) is 74.3. The Hall–Kier alpha value is -1.66. The predicted octanol–water partition coefficient (Wildman–Crippen LogP) is 22.1. The van der Waals surface area contributed by atoms with Gasteiger partial charge in [-0.2, -0.15) is 0 Å². The van der Waals surface area contributed by atoms with E-state index in [2.05, 4.69) is 43.5 Å². The summed E-state index contributed by atoms with van der Waals surface area (Å²) < 4.78 is 5.47. The zero-order valence-corrected chi connectivity index (χ0v) is 51.5.